The topological polar surface area (TPSA) is 47.6 Å². The second-order valence-corrected chi connectivity index (χ2v) is 5.12. The van der Waals surface area contributed by atoms with Crippen LogP contribution in [0.5, 0.6) is 11.5 Å². The first-order chi connectivity index (χ1) is 10.6. The van der Waals surface area contributed by atoms with Crippen molar-refractivity contribution in [3.63, 3.8) is 0 Å². The molecule has 0 spiro atoms. The van der Waals surface area contributed by atoms with Crippen LogP contribution in [0, 0.1) is 0 Å². The maximum Gasteiger partial charge on any atom is 0.251 e. The van der Waals surface area contributed by atoms with Crippen molar-refractivity contribution < 1.29 is 14.3 Å². The third-order valence-electron chi connectivity index (χ3n) is 3.55. The van der Waals surface area contributed by atoms with Gasteiger partial charge >= 0.3 is 0 Å². The van der Waals surface area contributed by atoms with Crippen LogP contribution in [-0.4, -0.2) is 26.7 Å². The van der Waals surface area contributed by atoms with Gasteiger partial charge in [0, 0.05) is 18.2 Å². The molecule has 0 saturated heterocycles. The molecule has 4 heteroatoms. The van der Waals surface area contributed by atoms with Gasteiger partial charge in [-0.3, -0.25) is 4.79 Å². The SMILES string of the molecule is COc1cc(OC)cc(C(=O)NC[C@@H](C)c2ccccc2)c1. The second kappa shape index (κ2) is 7.50. The highest BCUT2D eigenvalue weighted by molar-refractivity contribution is 5.95. The molecule has 0 heterocycles. The van der Waals surface area contributed by atoms with Gasteiger partial charge < -0.3 is 14.8 Å². The predicted molar refractivity (Wildman–Crippen MR) is 86.7 cm³/mol. The van der Waals surface area contributed by atoms with Crippen LogP contribution in [0.3, 0.4) is 0 Å². The molecule has 0 bridgehead atoms. The molecule has 0 fully saturated rings. The van der Waals surface area contributed by atoms with Crippen molar-refractivity contribution in [3.05, 3.63) is 59.7 Å². The fourth-order valence-electron chi connectivity index (χ4n) is 2.19. The van der Waals surface area contributed by atoms with Crippen molar-refractivity contribution in [3.8, 4) is 11.5 Å². The zero-order valence-corrected chi connectivity index (χ0v) is 13.1. The lowest BCUT2D eigenvalue weighted by Crippen LogP contribution is -2.27. The lowest BCUT2D eigenvalue weighted by atomic mass is 10.0. The largest absolute Gasteiger partial charge is 0.497 e. The van der Waals surface area contributed by atoms with Gasteiger partial charge in [-0.05, 0) is 23.6 Å². The summed E-state index contributed by atoms with van der Waals surface area (Å²) in [5, 5.41) is 2.95. The van der Waals surface area contributed by atoms with Crippen LogP contribution in [0.15, 0.2) is 48.5 Å². The molecule has 1 amide bonds. The first-order valence-electron chi connectivity index (χ1n) is 7.20. The zero-order chi connectivity index (χ0) is 15.9. The van der Waals surface area contributed by atoms with Crippen molar-refractivity contribution >= 4 is 5.91 Å². The molecule has 0 aromatic heterocycles. The van der Waals surface area contributed by atoms with Crippen molar-refractivity contribution in [2.45, 2.75) is 12.8 Å². The summed E-state index contributed by atoms with van der Waals surface area (Å²) in [6.45, 7) is 2.66. The maximum atomic E-state index is 12.3. The van der Waals surface area contributed by atoms with Crippen LogP contribution in [0.25, 0.3) is 0 Å². The highest BCUT2D eigenvalue weighted by atomic mass is 16.5. The molecule has 116 valence electrons. The quantitative estimate of drug-likeness (QED) is 0.891. The Morgan fingerprint density at radius 3 is 2.18 bits per heavy atom. The van der Waals surface area contributed by atoms with Gasteiger partial charge in [-0.2, -0.15) is 0 Å². The molecule has 0 saturated carbocycles. The van der Waals surface area contributed by atoms with E-state index in [1.54, 1.807) is 32.4 Å². The van der Waals surface area contributed by atoms with Crippen LogP contribution in [0.4, 0.5) is 0 Å². The van der Waals surface area contributed by atoms with E-state index in [2.05, 4.69) is 24.4 Å². The van der Waals surface area contributed by atoms with Crippen molar-refractivity contribution in [1.82, 2.24) is 5.32 Å². The zero-order valence-electron chi connectivity index (χ0n) is 13.1. The molecular formula is C18H21NO3. The summed E-state index contributed by atoms with van der Waals surface area (Å²) in [5.41, 5.74) is 1.72. The molecule has 0 unspecified atom stereocenters. The minimum Gasteiger partial charge on any atom is -0.497 e. The number of carbonyl (C=O) groups is 1. The summed E-state index contributed by atoms with van der Waals surface area (Å²) < 4.78 is 10.4. The Labute approximate surface area is 131 Å². The average Bonchev–Trinajstić information content (AvgIpc) is 2.59. The summed E-state index contributed by atoms with van der Waals surface area (Å²) in [6, 6.07) is 15.2. The van der Waals surface area contributed by atoms with Crippen molar-refractivity contribution in [1.29, 1.82) is 0 Å². The third kappa shape index (κ3) is 4.01. The molecule has 1 N–H and O–H groups in total. The summed E-state index contributed by atoms with van der Waals surface area (Å²) in [4.78, 5) is 12.3. The fourth-order valence-corrected chi connectivity index (χ4v) is 2.19. The van der Waals surface area contributed by atoms with E-state index in [0.29, 0.717) is 23.6 Å². The van der Waals surface area contributed by atoms with E-state index in [9.17, 15) is 4.79 Å². The Kier molecular flexibility index (Phi) is 5.42. The Morgan fingerprint density at radius 2 is 1.64 bits per heavy atom. The summed E-state index contributed by atoms with van der Waals surface area (Å²) in [5.74, 6) is 1.30. The average molecular weight is 299 g/mol. The van der Waals surface area contributed by atoms with Gasteiger partial charge in [0.05, 0.1) is 14.2 Å². The van der Waals surface area contributed by atoms with Gasteiger partial charge in [0.15, 0.2) is 0 Å². The molecular weight excluding hydrogens is 278 g/mol. The van der Waals surface area contributed by atoms with E-state index >= 15 is 0 Å². The molecule has 0 aliphatic heterocycles. The lowest BCUT2D eigenvalue weighted by Gasteiger charge is -2.14. The van der Waals surface area contributed by atoms with Crippen molar-refractivity contribution in [2.75, 3.05) is 20.8 Å². The normalized spacial score (nSPS) is 11.6. The van der Waals surface area contributed by atoms with Crippen LogP contribution in [0.2, 0.25) is 0 Å². The molecule has 0 radical (unpaired) electrons. The van der Waals surface area contributed by atoms with E-state index in [-0.39, 0.29) is 11.8 Å². The van der Waals surface area contributed by atoms with Gasteiger partial charge in [0.1, 0.15) is 11.5 Å². The van der Waals surface area contributed by atoms with Gasteiger partial charge in [-0.1, -0.05) is 37.3 Å². The number of rotatable bonds is 6. The fraction of sp³-hybridized carbons (Fsp3) is 0.278. The van der Waals surface area contributed by atoms with E-state index in [1.807, 2.05) is 18.2 Å². The van der Waals surface area contributed by atoms with Crippen molar-refractivity contribution in [2.24, 2.45) is 0 Å². The van der Waals surface area contributed by atoms with E-state index in [1.165, 1.54) is 5.56 Å². The Bertz CT molecular complexity index is 603. The number of hydrogen-bond acceptors (Lipinski definition) is 3. The summed E-state index contributed by atoms with van der Waals surface area (Å²) in [6.07, 6.45) is 0. The van der Waals surface area contributed by atoms with Gasteiger partial charge in [-0.15, -0.1) is 0 Å². The minimum absolute atomic E-state index is 0.139. The van der Waals surface area contributed by atoms with Gasteiger partial charge in [0.2, 0.25) is 0 Å². The first-order valence-corrected chi connectivity index (χ1v) is 7.20. The Balaban J connectivity index is 2.03. The van der Waals surface area contributed by atoms with Crippen LogP contribution in [-0.2, 0) is 0 Å². The number of nitrogens with one attached hydrogen (secondary N) is 1. The monoisotopic (exact) mass is 299 g/mol. The van der Waals surface area contributed by atoms with Gasteiger partial charge in [-0.25, -0.2) is 0 Å². The molecule has 0 aliphatic carbocycles. The van der Waals surface area contributed by atoms with E-state index in [0.717, 1.165) is 0 Å². The van der Waals surface area contributed by atoms with Crippen LogP contribution < -0.4 is 14.8 Å². The number of hydrogen-bond donors (Lipinski definition) is 1. The van der Waals surface area contributed by atoms with Gasteiger partial charge in [0.25, 0.3) is 5.91 Å². The number of carbonyl (C=O) groups excluding carboxylic acids is 1. The molecule has 2 aromatic rings. The molecule has 1 atom stereocenters. The Morgan fingerprint density at radius 1 is 1.05 bits per heavy atom. The van der Waals surface area contributed by atoms with Crippen LogP contribution >= 0.6 is 0 Å². The molecule has 2 aromatic carbocycles. The third-order valence-corrected chi connectivity index (χ3v) is 3.55. The summed E-state index contributed by atoms with van der Waals surface area (Å²) in [7, 11) is 3.13. The number of methoxy groups -OCH3 is 2. The number of benzene rings is 2. The number of amides is 1. The highest BCUT2D eigenvalue weighted by Crippen LogP contribution is 2.22. The molecule has 0 aliphatic rings. The summed E-state index contributed by atoms with van der Waals surface area (Å²) >= 11 is 0. The predicted octanol–water partition coefficient (Wildman–Crippen LogP) is 3.24. The lowest BCUT2D eigenvalue weighted by molar-refractivity contribution is 0.0951. The Hall–Kier alpha value is -2.49. The highest BCUT2D eigenvalue weighted by Gasteiger charge is 2.12. The first kappa shape index (κ1) is 15.9. The second-order valence-electron chi connectivity index (χ2n) is 5.12. The smallest absolute Gasteiger partial charge is 0.251 e. The maximum absolute atomic E-state index is 12.3. The van der Waals surface area contributed by atoms with Crippen LogP contribution in [0.1, 0.15) is 28.8 Å². The molecule has 22 heavy (non-hydrogen) atoms. The number of ether oxygens (including phenoxy) is 2. The molecule has 2 rings (SSSR count). The van der Waals surface area contributed by atoms with E-state index in [4.69, 9.17) is 9.47 Å². The standard InChI is InChI=1S/C18H21NO3/c1-13(14-7-5-4-6-8-14)12-19-18(20)15-9-16(21-2)11-17(10-15)22-3/h4-11,13H,12H2,1-3H3,(H,19,20)/t13-/m1/s1. The molecule has 4 nitrogen and oxygen atoms in total. The van der Waals surface area contributed by atoms with E-state index < -0.39 is 0 Å². The minimum atomic E-state index is -0.139.